The number of hydrogen-bond acceptors (Lipinski definition) is 6. The zero-order valence-electron chi connectivity index (χ0n) is 17.0. The third-order valence-electron chi connectivity index (χ3n) is 6.15. The van der Waals surface area contributed by atoms with E-state index in [1.165, 1.54) is 18.1 Å². The van der Waals surface area contributed by atoms with Gasteiger partial charge in [0.05, 0.1) is 24.3 Å². The molecule has 3 aliphatic rings. The number of para-hydroxylation sites is 1. The third kappa shape index (κ3) is 3.28. The van der Waals surface area contributed by atoms with Gasteiger partial charge in [-0.2, -0.15) is 4.72 Å². The first-order chi connectivity index (χ1) is 14.9. The van der Waals surface area contributed by atoms with Crippen LogP contribution in [-0.2, 0) is 43.6 Å². The summed E-state index contributed by atoms with van der Waals surface area (Å²) in [7, 11) is -2.66. The van der Waals surface area contributed by atoms with Crippen LogP contribution in [-0.4, -0.2) is 46.1 Å². The fourth-order valence-electron chi connectivity index (χ4n) is 4.65. The molecule has 5 rings (SSSR count). The summed E-state index contributed by atoms with van der Waals surface area (Å²) in [6, 6.07) is 8.63. The minimum absolute atomic E-state index is 0.0953. The topological polar surface area (TPSA) is 102 Å². The van der Waals surface area contributed by atoms with Gasteiger partial charge in [0.2, 0.25) is 15.9 Å². The lowest BCUT2D eigenvalue weighted by Gasteiger charge is -2.27. The van der Waals surface area contributed by atoms with Crippen LogP contribution in [0.1, 0.15) is 23.1 Å². The van der Waals surface area contributed by atoms with Crippen LogP contribution >= 0.6 is 0 Å². The standard InChI is InChI=1S/C22H22N2O6S/c1-29-22(26)18-12-15-4-2-3-13-5-7-17(21(25)24(18)20(13)15)23-31(27,28)16-6-8-19-14(11-16)9-10-30-19/h2-4,6,8,11,17-18,23H,5,7,9-10,12H2,1H3/t17-,18-/m0/s1. The maximum absolute atomic E-state index is 13.5. The number of hydrogen-bond donors (Lipinski definition) is 1. The Balaban J connectivity index is 1.48. The minimum Gasteiger partial charge on any atom is -0.493 e. The van der Waals surface area contributed by atoms with Crippen molar-refractivity contribution < 1.29 is 27.5 Å². The largest absolute Gasteiger partial charge is 0.493 e. The summed E-state index contributed by atoms with van der Waals surface area (Å²) in [6.07, 6.45) is 1.82. The molecule has 3 heterocycles. The normalized spacial score (nSPS) is 21.8. The molecule has 1 N–H and O–H groups in total. The van der Waals surface area contributed by atoms with Gasteiger partial charge < -0.3 is 9.47 Å². The van der Waals surface area contributed by atoms with E-state index >= 15 is 0 Å². The Morgan fingerprint density at radius 3 is 2.77 bits per heavy atom. The minimum atomic E-state index is -3.95. The number of methoxy groups -OCH3 is 1. The van der Waals surface area contributed by atoms with Crippen molar-refractivity contribution in [2.24, 2.45) is 0 Å². The predicted octanol–water partition coefficient (Wildman–Crippen LogP) is 1.35. The van der Waals surface area contributed by atoms with E-state index in [2.05, 4.69) is 4.72 Å². The molecule has 0 saturated heterocycles. The quantitative estimate of drug-likeness (QED) is 0.717. The van der Waals surface area contributed by atoms with Gasteiger partial charge in [0.15, 0.2) is 0 Å². The lowest BCUT2D eigenvalue weighted by Crippen LogP contribution is -2.52. The molecule has 0 aromatic heterocycles. The number of sulfonamides is 1. The first-order valence-corrected chi connectivity index (χ1v) is 11.7. The molecule has 0 saturated carbocycles. The van der Waals surface area contributed by atoms with Crippen molar-refractivity contribution in [1.82, 2.24) is 4.72 Å². The highest BCUT2D eigenvalue weighted by Gasteiger charge is 2.45. The van der Waals surface area contributed by atoms with Gasteiger partial charge in [0.25, 0.3) is 0 Å². The number of esters is 1. The lowest BCUT2D eigenvalue weighted by molar-refractivity contribution is -0.143. The average molecular weight is 442 g/mol. The number of anilines is 1. The Hall–Kier alpha value is -2.91. The molecule has 0 aliphatic carbocycles. The van der Waals surface area contributed by atoms with Gasteiger partial charge >= 0.3 is 5.97 Å². The Morgan fingerprint density at radius 2 is 1.97 bits per heavy atom. The van der Waals surface area contributed by atoms with E-state index < -0.39 is 34.0 Å². The van der Waals surface area contributed by atoms with E-state index in [0.29, 0.717) is 43.7 Å². The molecule has 9 heteroatoms. The number of carbonyl (C=O) groups is 2. The average Bonchev–Trinajstić information content (AvgIpc) is 3.36. The molecule has 2 aromatic rings. The van der Waals surface area contributed by atoms with Crippen LogP contribution in [0.5, 0.6) is 5.75 Å². The lowest BCUT2D eigenvalue weighted by atomic mass is 10.0. The van der Waals surface area contributed by atoms with E-state index in [-0.39, 0.29) is 4.90 Å². The van der Waals surface area contributed by atoms with Crippen LogP contribution in [0.25, 0.3) is 0 Å². The zero-order valence-corrected chi connectivity index (χ0v) is 17.8. The maximum Gasteiger partial charge on any atom is 0.329 e. The van der Waals surface area contributed by atoms with Crippen molar-refractivity contribution in [2.75, 3.05) is 18.6 Å². The molecule has 0 bridgehead atoms. The second kappa shape index (κ2) is 7.35. The summed E-state index contributed by atoms with van der Waals surface area (Å²) in [6.45, 7) is 0.526. The number of fused-ring (bicyclic) bond motifs is 1. The second-order valence-electron chi connectivity index (χ2n) is 7.96. The first-order valence-electron chi connectivity index (χ1n) is 10.2. The van der Waals surface area contributed by atoms with E-state index in [4.69, 9.17) is 9.47 Å². The van der Waals surface area contributed by atoms with Gasteiger partial charge in [-0.25, -0.2) is 13.2 Å². The number of nitrogens with one attached hydrogen (secondary N) is 1. The van der Waals surface area contributed by atoms with Crippen LogP contribution in [0.15, 0.2) is 41.3 Å². The second-order valence-corrected chi connectivity index (χ2v) is 9.67. The van der Waals surface area contributed by atoms with Gasteiger partial charge in [0, 0.05) is 12.8 Å². The molecule has 8 nitrogen and oxygen atoms in total. The van der Waals surface area contributed by atoms with Crippen LogP contribution in [0.2, 0.25) is 0 Å². The van der Waals surface area contributed by atoms with Crippen LogP contribution in [0.4, 0.5) is 5.69 Å². The summed E-state index contributed by atoms with van der Waals surface area (Å²) < 4.78 is 39.1. The molecule has 0 unspecified atom stereocenters. The maximum atomic E-state index is 13.5. The fraction of sp³-hybridized carbons (Fsp3) is 0.364. The molecule has 0 radical (unpaired) electrons. The number of nitrogens with zero attached hydrogens (tertiary/aromatic N) is 1. The fourth-order valence-corrected chi connectivity index (χ4v) is 5.92. The third-order valence-corrected chi connectivity index (χ3v) is 7.62. The van der Waals surface area contributed by atoms with Crippen LogP contribution in [0.3, 0.4) is 0 Å². The number of rotatable bonds is 4. The smallest absolute Gasteiger partial charge is 0.329 e. The summed E-state index contributed by atoms with van der Waals surface area (Å²) in [5.41, 5.74) is 3.36. The van der Waals surface area contributed by atoms with Crippen molar-refractivity contribution in [2.45, 2.75) is 42.7 Å². The number of carbonyl (C=O) groups excluding carboxylic acids is 2. The van der Waals surface area contributed by atoms with Crippen LogP contribution in [0, 0.1) is 0 Å². The van der Waals surface area contributed by atoms with E-state index in [1.54, 1.807) is 12.1 Å². The van der Waals surface area contributed by atoms with Crippen molar-refractivity contribution in [3.63, 3.8) is 0 Å². The molecular weight excluding hydrogens is 420 g/mol. The summed E-state index contributed by atoms with van der Waals surface area (Å²) in [4.78, 5) is 27.4. The summed E-state index contributed by atoms with van der Waals surface area (Å²) in [5.74, 6) is -0.268. The molecule has 2 atom stereocenters. The summed E-state index contributed by atoms with van der Waals surface area (Å²) >= 11 is 0. The number of benzene rings is 2. The Morgan fingerprint density at radius 1 is 1.16 bits per heavy atom. The van der Waals surface area contributed by atoms with E-state index in [1.807, 2.05) is 18.2 Å². The van der Waals surface area contributed by atoms with Gasteiger partial charge in [-0.3, -0.25) is 9.69 Å². The molecule has 162 valence electrons. The molecule has 3 aliphatic heterocycles. The molecular formula is C22H22N2O6S. The number of aryl methyl sites for hydroxylation is 1. The van der Waals surface area contributed by atoms with E-state index in [0.717, 1.165) is 16.7 Å². The Labute approximate surface area is 180 Å². The number of amides is 1. The number of ether oxygens (including phenoxy) is 2. The van der Waals surface area contributed by atoms with Crippen molar-refractivity contribution in [3.05, 3.63) is 53.1 Å². The van der Waals surface area contributed by atoms with Gasteiger partial charge in [-0.05, 0) is 47.7 Å². The van der Waals surface area contributed by atoms with Gasteiger partial charge in [-0.1, -0.05) is 18.2 Å². The molecule has 0 fully saturated rings. The van der Waals surface area contributed by atoms with Gasteiger partial charge in [0.1, 0.15) is 17.8 Å². The molecule has 2 aromatic carbocycles. The van der Waals surface area contributed by atoms with Crippen molar-refractivity contribution >= 4 is 27.6 Å². The molecule has 0 spiro atoms. The zero-order chi connectivity index (χ0) is 21.8. The molecule has 31 heavy (non-hydrogen) atoms. The monoisotopic (exact) mass is 442 g/mol. The SMILES string of the molecule is COC(=O)[C@@H]1Cc2cccc3c2N1C(=O)[C@@H](NS(=O)(=O)c1ccc2c(c1)CCO2)CC3. The Bertz CT molecular complexity index is 1190. The van der Waals surface area contributed by atoms with Crippen molar-refractivity contribution in [3.8, 4) is 5.75 Å². The van der Waals surface area contributed by atoms with Gasteiger partial charge in [-0.15, -0.1) is 0 Å². The highest BCUT2D eigenvalue weighted by atomic mass is 32.2. The van der Waals surface area contributed by atoms with Crippen molar-refractivity contribution in [1.29, 1.82) is 0 Å². The Kier molecular flexibility index (Phi) is 4.75. The van der Waals surface area contributed by atoms with E-state index in [9.17, 15) is 18.0 Å². The summed E-state index contributed by atoms with van der Waals surface area (Å²) in [5, 5.41) is 0. The predicted molar refractivity (Wildman–Crippen MR) is 112 cm³/mol. The highest BCUT2D eigenvalue weighted by molar-refractivity contribution is 7.89. The first kappa shape index (κ1) is 20.0. The molecule has 1 amide bonds. The van der Waals surface area contributed by atoms with Crippen LogP contribution < -0.4 is 14.4 Å². The highest BCUT2D eigenvalue weighted by Crippen LogP contribution is 2.39.